The maximum absolute atomic E-state index is 2.43. The minimum absolute atomic E-state index is 1.12. The molecule has 58 heavy (non-hydrogen) atoms. The van der Waals surface area contributed by atoms with E-state index in [4.69, 9.17) is 0 Å². The highest BCUT2D eigenvalue weighted by Crippen LogP contribution is 2.44. The third-order valence-electron chi connectivity index (χ3n) is 12.0. The third-order valence-corrected chi connectivity index (χ3v) is 13.1. The zero-order valence-corrected chi connectivity index (χ0v) is 32.4. The molecule has 12 rings (SSSR count). The Morgan fingerprint density at radius 1 is 0.259 bits per heavy atom. The number of hydrogen-bond acceptors (Lipinski definition) is 2. The topological polar surface area (TPSA) is 3.24 Å². The van der Waals surface area contributed by atoms with Gasteiger partial charge in [0.1, 0.15) is 0 Å². The van der Waals surface area contributed by atoms with Crippen LogP contribution in [-0.4, -0.2) is 0 Å². The van der Waals surface area contributed by atoms with E-state index in [0.29, 0.717) is 0 Å². The molecule has 0 amide bonds. The summed E-state index contributed by atoms with van der Waals surface area (Å²) in [6.07, 6.45) is 0. The summed E-state index contributed by atoms with van der Waals surface area (Å²) in [5.41, 5.74) is 8.29. The van der Waals surface area contributed by atoms with Crippen LogP contribution in [0, 0.1) is 0 Å². The molecule has 0 unspecified atom stereocenters. The van der Waals surface area contributed by atoms with E-state index in [1.54, 1.807) is 0 Å². The van der Waals surface area contributed by atoms with Crippen molar-refractivity contribution >= 4 is 102 Å². The normalized spacial score (nSPS) is 11.8. The molecule has 0 fully saturated rings. The van der Waals surface area contributed by atoms with Crippen molar-refractivity contribution in [3.63, 3.8) is 0 Å². The van der Waals surface area contributed by atoms with Crippen LogP contribution in [0.2, 0.25) is 0 Å². The van der Waals surface area contributed by atoms with Crippen molar-refractivity contribution in [3.05, 3.63) is 212 Å². The molecule has 11 aromatic carbocycles. The fourth-order valence-electron chi connectivity index (χ4n) is 9.14. The average Bonchev–Trinajstić information content (AvgIpc) is 3.64. The second-order valence-corrected chi connectivity index (χ2v) is 16.4. The van der Waals surface area contributed by atoms with E-state index in [0.717, 1.165) is 17.1 Å². The number of hydrogen-bond donors (Lipinski definition) is 0. The highest BCUT2D eigenvalue weighted by Gasteiger charge is 2.17. The first-order valence-corrected chi connectivity index (χ1v) is 20.7. The van der Waals surface area contributed by atoms with Crippen LogP contribution in [0.15, 0.2) is 212 Å². The number of nitrogens with zero attached hydrogens (tertiary/aromatic N) is 1. The molecule has 1 nitrogen and oxygen atoms in total. The maximum Gasteiger partial charge on any atom is 0.0468 e. The first-order valence-electron chi connectivity index (χ1n) is 19.9. The lowest BCUT2D eigenvalue weighted by Crippen LogP contribution is -2.09. The molecule has 0 radical (unpaired) electrons. The van der Waals surface area contributed by atoms with Gasteiger partial charge in [0, 0.05) is 37.2 Å². The van der Waals surface area contributed by atoms with E-state index in [2.05, 4.69) is 217 Å². The molecule has 270 valence electrons. The first-order chi connectivity index (χ1) is 28.7. The van der Waals surface area contributed by atoms with Crippen molar-refractivity contribution < 1.29 is 0 Å². The minimum atomic E-state index is 1.12. The predicted octanol–water partition coefficient (Wildman–Crippen LogP) is 16.6. The van der Waals surface area contributed by atoms with Crippen molar-refractivity contribution in [3.8, 4) is 22.3 Å². The lowest BCUT2D eigenvalue weighted by Gasteiger charge is -2.26. The van der Waals surface area contributed by atoms with Crippen LogP contribution in [0.3, 0.4) is 0 Å². The Morgan fingerprint density at radius 2 is 0.862 bits per heavy atom. The number of thiophene rings is 1. The van der Waals surface area contributed by atoms with Gasteiger partial charge in [0.2, 0.25) is 0 Å². The standard InChI is InChI=1S/C56H35NS/c1-2-12-40-34-56-53(32-39(40)11-1)54-35-46(28-29-55(54)58-56)57(44-25-23-38(24-26-44)48-19-9-14-37-10-3-5-15-47(37)48)45-27-22-36-20-21-42(30-43(36)31-45)52-33-41-13-4-6-16-49(41)50-17-7-8-18-51(50)52/h1-35H. The van der Waals surface area contributed by atoms with Crippen LogP contribution in [0.4, 0.5) is 17.1 Å². The van der Waals surface area contributed by atoms with Gasteiger partial charge in [-0.25, -0.2) is 0 Å². The summed E-state index contributed by atoms with van der Waals surface area (Å²) in [5, 5.41) is 15.2. The van der Waals surface area contributed by atoms with Gasteiger partial charge in [0.15, 0.2) is 0 Å². The van der Waals surface area contributed by atoms with E-state index in [-0.39, 0.29) is 0 Å². The van der Waals surface area contributed by atoms with Crippen LogP contribution in [0.5, 0.6) is 0 Å². The van der Waals surface area contributed by atoms with Gasteiger partial charge in [0.05, 0.1) is 0 Å². The van der Waals surface area contributed by atoms with Gasteiger partial charge >= 0.3 is 0 Å². The fraction of sp³-hybridized carbons (Fsp3) is 0. The fourth-order valence-corrected chi connectivity index (χ4v) is 10.3. The van der Waals surface area contributed by atoms with E-state index in [9.17, 15) is 0 Å². The quantitative estimate of drug-likeness (QED) is 0.158. The second-order valence-electron chi connectivity index (χ2n) is 15.3. The molecule has 0 aliphatic heterocycles. The molecule has 0 saturated heterocycles. The molecule has 12 aromatic rings. The third kappa shape index (κ3) is 5.38. The molecule has 1 heterocycles. The number of benzene rings is 11. The second kappa shape index (κ2) is 13.2. The summed E-state index contributed by atoms with van der Waals surface area (Å²) in [6.45, 7) is 0. The number of anilines is 3. The van der Waals surface area contributed by atoms with Gasteiger partial charge in [-0.15, -0.1) is 11.3 Å². The van der Waals surface area contributed by atoms with Crippen molar-refractivity contribution in [1.29, 1.82) is 0 Å². The molecule has 0 aliphatic carbocycles. The van der Waals surface area contributed by atoms with E-state index in [1.807, 2.05) is 11.3 Å². The largest absolute Gasteiger partial charge is 0.310 e. The van der Waals surface area contributed by atoms with Crippen LogP contribution in [0.1, 0.15) is 0 Å². The lowest BCUT2D eigenvalue weighted by molar-refractivity contribution is 1.30. The molecule has 0 saturated carbocycles. The summed E-state index contributed by atoms with van der Waals surface area (Å²) in [6, 6.07) is 78.5. The Morgan fingerprint density at radius 3 is 1.71 bits per heavy atom. The summed E-state index contributed by atoms with van der Waals surface area (Å²) in [5.74, 6) is 0. The van der Waals surface area contributed by atoms with Crippen molar-refractivity contribution in [1.82, 2.24) is 0 Å². The van der Waals surface area contributed by atoms with Gasteiger partial charge in [-0.05, 0) is 143 Å². The summed E-state index contributed by atoms with van der Waals surface area (Å²) in [4.78, 5) is 2.43. The van der Waals surface area contributed by atoms with Crippen LogP contribution in [-0.2, 0) is 0 Å². The Balaban J connectivity index is 1.03. The Kier molecular flexibility index (Phi) is 7.47. The summed E-state index contributed by atoms with van der Waals surface area (Å²) in [7, 11) is 0. The van der Waals surface area contributed by atoms with Gasteiger partial charge < -0.3 is 4.90 Å². The minimum Gasteiger partial charge on any atom is -0.310 e. The molecule has 0 bridgehead atoms. The van der Waals surface area contributed by atoms with Gasteiger partial charge in [0.25, 0.3) is 0 Å². The molecule has 0 aliphatic rings. The smallest absolute Gasteiger partial charge is 0.0468 e. The molecular weight excluding hydrogens is 719 g/mol. The van der Waals surface area contributed by atoms with Gasteiger partial charge in [-0.3, -0.25) is 0 Å². The van der Waals surface area contributed by atoms with Crippen LogP contribution < -0.4 is 4.90 Å². The van der Waals surface area contributed by atoms with E-state index < -0.39 is 0 Å². The average molecular weight is 754 g/mol. The van der Waals surface area contributed by atoms with Crippen LogP contribution >= 0.6 is 11.3 Å². The molecule has 0 atom stereocenters. The first kappa shape index (κ1) is 32.9. The maximum atomic E-state index is 2.43. The van der Waals surface area contributed by atoms with Gasteiger partial charge in [-0.2, -0.15) is 0 Å². The molecule has 1 aromatic heterocycles. The summed E-state index contributed by atoms with van der Waals surface area (Å²) >= 11 is 1.87. The molecule has 2 heteroatoms. The highest BCUT2D eigenvalue weighted by molar-refractivity contribution is 7.25. The van der Waals surface area contributed by atoms with Crippen LogP contribution in [0.25, 0.3) is 96.3 Å². The zero-order valence-electron chi connectivity index (χ0n) is 31.6. The predicted molar refractivity (Wildman–Crippen MR) is 252 cm³/mol. The van der Waals surface area contributed by atoms with Crippen molar-refractivity contribution in [2.75, 3.05) is 4.90 Å². The Hall–Kier alpha value is -7.26. The lowest BCUT2D eigenvalue weighted by atomic mass is 9.92. The molecule has 0 N–H and O–H groups in total. The highest BCUT2D eigenvalue weighted by atomic mass is 32.1. The molecule has 0 spiro atoms. The number of rotatable bonds is 5. The Bertz CT molecular complexity index is 3570. The SMILES string of the molecule is c1ccc2cc3c(cc2c1)sc1ccc(N(c2ccc(-c4cccc5ccccc45)cc2)c2ccc4ccc(-c5cc6ccccc6c6ccccc56)cc4c2)cc13. The Labute approximate surface area is 340 Å². The van der Waals surface area contributed by atoms with E-state index in [1.165, 1.54) is 96.3 Å². The van der Waals surface area contributed by atoms with Crippen molar-refractivity contribution in [2.24, 2.45) is 0 Å². The zero-order chi connectivity index (χ0) is 38.2. The molecular formula is C56H35NS. The monoisotopic (exact) mass is 753 g/mol. The number of fused-ring (bicyclic) bond motifs is 9. The van der Waals surface area contributed by atoms with E-state index >= 15 is 0 Å². The van der Waals surface area contributed by atoms with Gasteiger partial charge in [-0.1, -0.05) is 146 Å². The van der Waals surface area contributed by atoms with Crippen molar-refractivity contribution in [2.45, 2.75) is 0 Å². The summed E-state index contributed by atoms with van der Waals surface area (Å²) < 4.78 is 2.61.